The molecule has 1 N–H and O–H groups in total. The van der Waals surface area contributed by atoms with Crippen LogP contribution in [0.3, 0.4) is 0 Å². The number of carbonyl (C=O) groups excluding carboxylic acids is 1. The number of carbonyl (C=O) groups is 2. The van der Waals surface area contributed by atoms with Gasteiger partial charge in [-0.05, 0) is 31.8 Å². The van der Waals surface area contributed by atoms with Crippen molar-refractivity contribution in [3.63, 3.8) is 0 Å². The number of hydrogen-bond donors (Lipinski definition) is 1. The summed E-state index contributed by atoms with van der Waals surface area (Å²) in [4.78, 5) is 23.7. The van der Waals surface area contributed by atoms with Gasteiger partial charge in [-0.3, -0.25) is 4.79 Å². The minimum Gasteiger partial charge on any atom is -0.481 e. The molecule has 5 heteroatoms. The molecular weight excluding hydrogens is 222 g/mol. The fourth-order valence-corrected chi connectivity index (χ4v) is 1.73. The third-order valence-electron chi connectivity index (χ3n) is 2.80. The Morgan fingerprint density at radius 1 is 1.29 bits per heavy atom. The minimum absolute atomic E-state index is 0.313. The Morgan fingerprint density at radius 2 is 2.00 bits per heavy atom. The number of aliphatic carboxylic acids is 1. The van der Waals surface area contributed by atoms with Gasteiger partial charge in [0.15, 0.2) is 0 Å². The molecule has 0 heterocycles. The molecule has 96 valence electrons. The van der Waals surface area contributed by atoms with Crippen LogP contribution in [0.4, 0.5) is 4.79 Å². The summed E-state index contributed by atoms with van der Waals surface area (Å²) < 4.78 is 5.22. The maximum absolute atomic E-state index is 11.4. The van der Waals surface area contributed by atoms with Crippen LogP contribution in [0.1, 0.15) is 25.7 Å². The second kappa shape index (κ2) is 6.27. The van der Waals surface area contributed by atoms with Gasteiger partial charge >= 0.3 is 12.1 Å². The molecule has 0 bridgehead atoms. The van der Waals surface area contributed by atoms with Crippen LogP contribution in [-0.2, 0) is 9.53 Å². The molecule has 1 aliphatic carbocycles. The van der Waals surface area contributed by atoms with E-state index in [0.29, 0.717) is 25.7 Å². The van der Waals surface area contributed by atoms with Crippen LogP contribution in [0.15, 0.2) is 12.2 Å². The van der Waals surface area contributed by atoms with E-state index in [-0.39, 0.29) is 12.0 Å². The summed E-state index contributed by atoms with van der Waals surface area (Å²) in [6.07, 6.45) is 5.51. The Balaban J connectivity index is 2.54. The van der Waals surface area contributed by atoms with Crippen molar-refractivity contribution in [1.82, 2.24) is 4.90 Å². The number of amides is 1. The average Bonchev–Trinajstić information content (AvgIpc) is 2.21. The lowest BCUT2D eigenvalue weighted by atomic mass is 9.93. The van der Waals surface area contributed by atoms with Crippen LogP contribution < -0.4 is 0 Å². The molecular formula is C12H19NO4. The third-order valence-corrected chi connectivity index (χ3v) is 2.80. The molecule has 1 amide bonds. The molecule has 0 fully saturated rings. The zero-order valence-corrected chi connectivity index (χ0v) is 10.3. The highest BCUT2D eigenvalue weighted by Crippen LogP contribution is 2.20. The van der Waals surface area contributed by atoms with Gasteiger partial charge in [0.05, 0.1) is 5.92 Å². The van der Waals surface area contributed by atoms with E-state index in [1.807, 2.05) is 12.2 Å². The molecule has 0 aliphatic heterocycles. The van der Waals surface area contributed by atoms with Crippen molar-refractivity contribution in [1.29, 1.82) is 0 Å². The Labute approximate surface area is 101 Å². The summed E-state index contributed by atoms with van der Waals surface area (Å²) in [5, 5.41) is 8.97. The van der Waals surface area contributed by atoms with Crippen molar-refractivity contribution in [2.24, 2.45) is 5.92 Å². The molecule has 0 spiro atoms. The van der Waals surface area contributed by atoms with Gasteiger partial charge in [0.1, 0.15) is 6.10 Å². The quantitative estimate of drug-likeness (QED) is 0.750. The van der Waals surface area contributed by atoms with Gasteiger partial charge < -0.3 is 14.7 Å². The molecule has 0 aromatic carbocycles. The average molecular weight is 241 g/mol. The van der Waals surface area contributed by atoms with Crippen LogP contribution >= 0.6 is 0 Å². The van der Waals surface area contributed by atoms with Gasteiger partial charge in [-0.15, -0.1) is 0 Å². The lowest BCUT2D eigenvalue weighted by molar-refractivity contribution is -0.142. The number of ether oxygens (including phenoxy) is 1. The van der Waals surface area contributed by atoms with Crippen LogP contribution in [0.5, 0.6) is 0 Å². The predicted molar refractivity (Wildman–Crippen MR) is 62.7 cm³/mol. The molecule has 5 nitrogen and oxygen atoms in total. The first kappa shape index (κ1) is 13.5. The number of hydrogen-bond acceptors (Lipinski definition) is 3. The second-order valence-electron chi connectivity index (χ2n) is 4.43. The second-order valence-corrected chi connectivity index (χ2v) is 4.43. The zero-order valence-electron chi connectivity index (χ0n) is 10.3. The normalized spacial score (nSPS) is 26.5. The Morgan fingerprint density at radius 3 is 2.59 bits per heavy atom. The number of allylic oxidation sites excluding steroid dienone is 1. The van der Waals surface area contributed by atoms with E-state index in [0.717, 1.165) is 0 Å². The number of nitrogens with zero attached hydrogens (tertiary/aromatic N) is 1. The molecule has 0 saturated carbocycles. The van der Waals surface area contributed by atoms with Crippen molar-refractivity contribution in [3.8, 4) is 0 Å². The number of rotatable bonds is 2. The third kappa shape index (κ3) is 4.46. The summed E-state index contributed by atoms with van der Waals surface area (Å²) in [5.41, 5.74) is 0. The fraction of sp³-hybridized carbons (Fsp3) is 0.667. The van der Waals surface area contributed by atoms with Crippen molar-refractivity contribution in [2.75, 3.05) is 14.1 Å². The van der Waals surface area contributed by atoms with E-state index in [2.05, 4.69) is 0 Å². The van der Waals surface area contributed by atoms with Crippen LogP contribution in [-0.4, -0.2) is 42.3 Å². The van der Waals surface area contributed by atoms with Gasteiger partial charge in [0.2, 0.25) is 0 Å². The lowest BCUT2D eigenvalue weighted by Crippen LogP contribution is -2.28. The maximum Gasteiger partial charge on any atom is 0.409 e. The summed E-state index contributed by atoms with van der Waals surface area (Å²) in [5.74, 6) is -1.10. The number of carboxylic acids is 1. The van der Waals surface area contributed by atoms with E-state index >= 15 is 0 Å². The molecule has 0 radical (unpaired) electrons. The smallest absolute Gasteiger partial charge is 0.409 e. The van der Waals surface area contributed by atoms with Crippen molar-refractivity contribution in [3.05, 3.63) is 12.2 Å². The maximum atomic E-state index is 11.4. The van der Waals surface area contributed by atoms with E-state index in [1.165, 1.54) is 4.90 Å². The Bertz CT molecular complexity index is 312. The molecule has 0 aromatic heterocycles. The van der Waals surface area contributed by atoms with Gasteiger partial charge in [-0.1, -0.05) is 6.08 Å². The summed E-state index contributed by atoms with van der Waals surface area (Å²) in [6, 6.07) is 0. The predicted octanol–water partition coefficient (Wildman–Crippen LogP) is 1.88. The standard InChI is InChI=1S/C12H19NO4/c1-13(2)12(16)17-10-6-4-3-5-9(7-8-10)11(14)15/h4,6,9-10H,3,5,7-8H2,1-2H3,(H,14,15)/b6-4+/t9-,10-/m1/s1. The van der Waals surface area contributed by atoms with Gasteiger partial charge in [-0.25, -0.2) is 4.79 Å². The first-order valence-electron chi connectivity index (χ1n) is 5.78. The van der Waals surface area contributed by atoms with Crippen molar-refractivity contribution >= 4 is 12.1 Å². The van der Waals surface area contributed by atoms with Gasteiger partial charge in [0.25, 0.3) is 0 Å². The zero-order chi connectivity index (χ0) is 12.8. The highest BCUT2D eigenvalue weighted by Gasteiger charge is 2.22. The molecule has 1 aliphatic rings. The van der Waals surface area contributed by atoms with E-state index < -0.39 is 12.1 Å². The largest absolute Gasteiger partial charge is 0.481 e. The highest BCUT2D eigenvalue weighted by atomic mass is 16.6. The van der Waals surface area contributed by atoms with Crippen molar-refractivity contribution < 1.29 is 19.4 Å². The van der Waals surface area contributed by atoms with Crippen LogP contribution in [0.2, 0.25) is 0 Å². The molecule has 0 aromatic rings. The van der Waals surface area contributed by atoms with E-state index in [4.69, 9.17) is 9.84 Å². The highest BCUT2D eigenvalue weighted by molar-refractivity contribution is 5.70. The summed E-state index contributed by atoms with van der Waals surface area (Å²) >= 11 is 0. The van der Waals surface area contributed by atoms with Crippen molar-refractivity contribution in [2.45, 2.75) is 31.8 Å². The SMILES string of the molecule is CN(C)C(=O)O[C@@H]1/C=C/CC[C@@H](C(=O)O)CC1. The monoisotopic (exact) mass is 241 g/mol. The first-order chi connectivity index (χ1) is 8.00. The molecule has 2 atom stereocenters. The molecule has 0 saturated heterocycles. The molecule has 0 unspecified atom stereocenters. The van der Waals surface area contributed by atoms with E-state index in [9.17, 15) is 9.59 Å². The van der Waals surface area contributed by atoms with Gasteiger partial charge in [0, 0.05) is 14.1 Å². The summed E-state index contributed by atoms with van der Waals surface area (Å²) in [6.45, 7) is 0. The van der Waals surface area contributed by atoms with E-state index in [1.54, 1.807) is 14.1 Å². The molecule has 17 heavy (non-hydrogen) atoms. The summed E-state index contributed by atoms with van der Waals surface area (Å²) in [7, 11) is 3.24. The lowest BCUT2D eigenvalue weighted by Gasteiger charge is -2.21. The van der Waals surface area contributed by atoms with Crippen LogP contribution in [0.25, 0.3) is 0 Å². The Kier molecular flexibility index (Phi) is 5.00. The van der Waals surface area contributed by atoms with Crippen LogP contribution in [0, 0.1) is 5.92 Å². The topological polar surface area (TPSA) is 66.8 Å². The first-order valence-corrected chi connectivity index (χ1v) is 5.78. The van der Waals surface area contributed by atoms with Gasteiger partial charge in [-0.2, -0.15) is 0 Å². The fourth-order valence-electron chi connectivity index (χ4n) is 1.73. The number of carboxylic acid groups (broad SMARTS) is 1. The minimum atomic E-state index is -0.766. The molecule has 1 rings (SSSR count). The Hall–Kier alpha value is -1.52.